The van der Waals surface area contributed by atoms with Gasteiger partial charge in [-0.15, -0.1) is 0 Å². The molecule has 17 heavy (non-hydrogen) atoms. The first-order valence-corrected chi connectivity index (χ1v) is 6.32. The van der Waals surface area contributed by atoms with Gasteiger partial charge in [0.15, 0.2) is 0 Å². The second kappa shape index (κ2) is 8.44. The van der Waals surface area contributed by atoms with Crippen LogP contribution in [0.4, 0.5) is 0 Å². The number of nitrogens with two attached hydrogens (primary N) is 1. The highest BCUT2D eigenvalue weighted by molar-refractivity contribution is 5.78. The van der Waals surface area contributed by atoms with Gasteiger partial charge in [-0.05, 0) is 25.3 Å². The Morgan fingerprint density at radius 2 is 2.18 bits per heavy atom. The number of rotatable bonds is 9. The molecule has 1 amide bonds. The van der Waals surface area contributed by atoms with Crippen LogP contribution >= 0.6 is 0 Å². The van der Waals surface area contributed by atoms with Gasteiger partial charge in [0.1, 0.15) is 0 Å². The number of amides is 1. The predicted molar refractivity (Wildman–Crippen MR) is 65.7 cm³/mol. The lowest BCUT2D eigenvalue weighted by Crippen LogP contribution is -2.27. The summed E-state index contributed by atoms with van der Waals surface area (Å²) >= 11 is 0. The van der Waals surface area contributed by atoms with Crippen molar-refractivity contribution in [1.82, 2.24) is 4.90 Å². The predicted octanol–water partition coefficient (Wildman–Crippen LogP) is 0.237. The highest BCUT2D eigenvalue weighted by Gasteiger charge is 2.27. The van der Waals surface area contributed by atoms with Crippen LogP contribution in [0, 0.1) is 5.92 Å². The number of methoxy groups -OCH3 is 1. The van der Waals surface area contributed by atoms with Gasteiger partial charge in [0.2, 0.25) is 5.91 Å². The Balaban J connectivity index is 1.98. The van der Waals surface area contributed by atoms with Crippen molar-refractivity contribution < 1.29 is 14.3 Å². The monoisotopic (exact) mass is 244 g/mol. The van der Waals surface area contributed by atoms with E-state index in [-0.39, 0.29) is 5.91 Å². The molecule has 1 heterocycles. The highest BCUT2D eigenvalue weighted by Crippen LogP contribution is 2.16. The minimum absolute atomic E-state index is 0.251. The third-order valence-corrected chi connectivity index (χ3v) is 3.03. The molecule has 0 aromatic rings. The van der Waals surface area contributed by atoms with Crippen molar-refractivity contribution in [2.45, 2.75) is 19.3 Å². The summed E-state index contributed by atoms with van der Waals surface area (Å²) in [6.07, 6.45) is 2.61. The third-order valence-electron chi connectivity index (χ3n) is 3.03. The molecule has 100 valence electrons. The highest BCUT2D eigenvalue weighted by atomic mass is 16.5. The number of likely N-dealkylation sites (tertiary alicyclic amines) is 1. The van der Waals surface area contributed by atoms with Crippen molar-refractivity contribution in [2.24, 2.45) is 11.7 Å². The van der Waals surface area contributed by atoms with E-state index in [1.54, 1.807) is 7.11 Å². The lowest BCUT2D eigenvalue weighted by molar-refractivity contribution is -0.127. The Labute approximate surface area is 103 Å². The number of carbonyl (C=O) groups is 1. The quantitative estimate of drug-likeness (QED) is 0.590. The van der Waals surface area contributed by atoms with E-state index in [2.05, 4.69) is 0 Å². The summed E-state index contributed by atoms with van der Waals surface area (Å²) in [4.78, 5) is 13.5. The van der Waals surface area contributed by atoms with E-state index in [9.17, 15) is 4.79 Å². The lowest BCUT2D eigenvalue weighted by atomic mass is 10.1. The molecule has 0 aliphatic carbocycles. The van der Waals surface area contributed by atoms with Crippen molar-refractivity contribution in [2.75, 3.05) is 46.6 Å². The topological polar surface area (TPSA) is 64.8 Å². The Bertz CT molecular complexity index is 224. The van der Waals surface area contributed by atoms with Crippen molar-refractivity contribution >= 4 is 5.91 Å². The molecule has 1 aliphatic rings. The van der Waals surface area contributed by atoms with Gasteiger partial charge in [-0.3, -0.25) is 4.79 Å². The maximum absolute atomic E-state index is 11.6. The fourth-order valence-electron chi connectivity index (χ4n) is 1.98. The van der Waals surface area contributed by atoms with Crippen LogP contribution < -0.4 is 5.73 Å². The Morgan fingerprint density at radius 3 is 2.82 bits per heavy atom. The van der Waals surface area contributed by atoms with Crippen molar-refractivity contribution in [3.8, 4) is 0 Å². The molecule has 1 unspecified atom stereocenters. The molecular formula is C12H24N2O3. The molecule has 0 aromatic heterocycles. The molecule has 1 aliphatic heterocycles. The smallest absolute Gasteiger partial charge is 0.222 e. The van der Waals surface area contributed by atoms with Gasteiger partial charge >= 0.3 is 0 Å². The standard InChI is InChI=1S/C12H24N2O3/c1-16-6-7-17-5-3-2-4-14-10-11(9-13)8-12(14)15/h11H,2-10,13H2,1H3. The number of carbonyl (C=O) groups excluding carboxylic acids is 1. The molecule has 2 N–H and O–H groups in total. The SMILES string of the molecule is COCCOCCCCN1CC(CN)CC1=O. The normalized spacial score (nSPS) is 20.2. The van der Waals surface area contributed by atoms with E-state index in [1.165, 1.54) is 0 Å². The molecule has 1 fully saturated rings. The van der Waals surface area contributed by atoms with Crippen LogP contribution in [0.2, 0.25) is 0 Å². The summed E-state index contributed by atoms with van der Waals surface area (Å²) < 4.78 is 10.2. The van der Waals surface area contributed by atoms with E-state index < -0.39 is 0 Å². The average molecular weight is 244 g/mol. The first-order valence-electron chi connectivity index (χ1n) is 6.32. The molecule has 5 nitrogen and oxygen atoms in total. The Kier molecular flexibility index (Phi) is 7.16. The van der Waals surface area contributed by atoms with Gasteiger partial charge in [-0.2, -0.15) is 0 Å². The number of ether oxygens (including phenoxy) is 2. The van der Waals surface area contributed by atoms with Crippen LogP contribution in [0.1, 0.15) is 19.3 Å². The molecule has 1 atom stereocenters. The summed E-state index contributed by atoms with van der Waals surface area (Å²) in [7, 11) is 1.66. The summed E-state index contributed by atoms with van der Waals surface area (Å²) in [5.41, 5.74) is 5.57. The molecule has 1 saturated heterocycles. The minimum atomic E-state index is 0.251. The third kappa shape index (κ3) is 5.48. The number of hydrogen-bond donors (Lipinski definition) is 1. The lowest BCUT2D eigenvalue weighted by Gasteiger charge is -2.16. The van der Waals surface area contributed by atoms with E-state index in [1.807, 2.05) is 4.90 Å². The van der Waals surface area contributed by atoms with Crippen molar-refractivity contribution in [1.29, 1.82) is 0 Å². The number of nitrogens with zero attached hydrogens (tertiary/aromatic N) is 1. The zero-order chi connectivity index (χ0) is 12.5. The molecule has 0 aromatic carbocycles. The molecule has 0 spiro atoms. The zero-order valence-corrected chi connectivity index (χ0v) is 10.7. The number of unbranched alkanes of at least 4 members (excludes halogenated alkanes) is 1. The van der Waals surface area contributed by atoms with E-state index in [4.69, 9.17) is 15.2 Å². The largest absolute Gasteiger partial charge is 0.382 e. The minimum Gasteiger partial charge on any atom is -0.382 e. The van der Waals surface area contributed by atoms with Gasteiger partial charge < -0.3 is 20.1 Å². The van der Waals surface area contributed by atoms with Crippen LogP contribution in [0.25, 0.3) is 0 Å². The molecule has 0 bridgehead atoms. The van der Waals surface area contributed by atoms with Gasteiger partial charge in [0, 0.05) is 33.2 Å². The van der Waals surface area contributed by atoms with E-state index in [0.717, 1.165) is 32.5 Å². The zero-order valence-electron chi connectivity index (χ0n) is 10.7. The number of hydrogen-bond acceptors (Lipinski definition) is 4. The van der Waals surface area contributed by atoms with E-state index >= 15 is 0 Å². The summed E-state index contributed by atoms with van der Waals surface area (Å²) in [5.74, 6) is 0.612. The van der Waals surface area contributed by atoms with Crippen LogP contribution in [0.15, 0.2) is 0 Å². The molecule has 0 radical (unpaired) electrons. The molecule has 5 heteroatoms. The first kappa shape index (κ1) is 14.4. The maximum Gasteiger partial charge on any atom is 0.222 e. The summed E-state index contributed by atoms with van der Waals surface area (Å²) in [5, 5.41) is 0. The molecule has 0 saturated carbocycles. The van der Waals surface area contributed by atoms with Gasteiger partial charge in [-0.25, -0.2) is 0 Å². The Hall–Kier alpha value is -0.650. The van der Waals surface area contributed by atoms with Gasteiger partial charge in [0.25, 0.3) is 0 Å². The summed E-state index contributed by atoms with van der Waals surface area (Å²) in [6, 6.07) is 0. The summed E-state index contributed by atoms with van der Waals surface area (Å²) in [6.45, 7) is 4.31. The van der Waals surface area contributed by atoms with E-state index in [0.29, 0.717) is 32.1 Å². The molecular weight excluding hydrogens is 220 g/mol. The van der Waals surface area contributed by atoms with Crippen LogP contribution in [-0.4, -0.2) is 57.4 Å². The van der Waals surface area contributed by atoms with Crippen molar-refractivity contribution in [3.05, 3.63) is 0 Å². The van der Waals surface area contributed by atoms with Crippen LogP contribution in [0.5, 0.6) is 0 Å². The first-order chi connectivity index (χ1) is 8.27. The fraction of sp³-hybridized carbons (Fsp3) is 0.917. The van der Waals surface area contributed by atoms with Gasteiger partial charge in [0.05, 0.1) is 13.2 Å². The van der Waals surface area contributed by atoms with Crippen LogP contribution in [-0.2, 0) is 14.3 Å². The second-order valence-electron chi connectivity index (χ2n) is 4.46. The molecule has 1 rings (SSSR count). The maximum atomic E-state index is 11.6. The van der Waals surface area contributed by atoms with Crippen molar-refractivity contribution in [3.63, 3.8) is 0 Å². The average Bonchev–Trinajstić information content (AvgIpc) is 2.69. The van der Waals surface area contributed by atoms with Gasteiger partial charge in [-0.1, -0.05) is 0 Å². The Morgan fingerprint density at radius 1 is 1.35 bits per heavy atom. The second-order valence-corrected chi connectivity index (χ2v) is 4.46. The van der Waals surface area contributed by atoms with Crippen LogP contribution in [0.3, 0.4) is 0 Å². The fourth-order valence-corrected chi connectivity index (χ4v) is 1.98.